The molecule has 0 spiro atoms. The Kier molecular flexibility index (Phi) is 6.16. The fourth-order valence-electron chi connectivity index (χ4n) is 1.67. The largest absolute Gasteiger partial charge is 0.338 e. The zero-order valence-corrected chi connectivity index (χ0v) is 12.7. The Bertz CT molecular complexity index is 363. The fourth-order valence-corrected chi connectivity index (χ4v) is 3.17. The van der Waals surface area contributed by atoms with Gasteiger partial charge >= 0.3 is 0 Å². The Morgan fingerprint density at radius 2 is 2.24 bits per heavy atom. The molecule has 17 heavy (non-hydrogen) atoms. The number of nitrogens with two attached hydrogens (primary N) is 1. The van der Waals surface area contributed by atoms with E-state index in [1.165, 1.54) is 4.88 Å². The predicted octanol–water partition coefficient (Wildman–Crippen LogP) is 2.84. The summed E-state index contributed by atoms with van der Waals surface area (Å²) in [6.07, 6.45) is 0.806. The van der Waals surface area contributed by atoms with Crippen LogP contribution in [0.15, 0.2) is 15.9 Å². The van der Waals surface area contributed by atoms with Gasteiger partial charge in [-0.2, -0.15) is 0 Å². The molecule has 1 aromatic rings. The van der Waals surface area contributed by atoms with Crippen LogP contribution in [0.5, 0.6) is 0 Å². The molecule has 0 saturated carbocycles. The second-order valence-corrected chi connectivity index (χ2v) is 6.45. The highest BCUT2D eigenvalue weighted by molar-refractivity contribution is 9.11. The number of halogens is 1. The third-order valence-electron chi connectivity index (χ3n) is 2.80. The zero-order chi connectivity index (χ0) is 12.8. The number of carbonyl (C=O) groups excluding carboxylic acids is 1. The first kappa shape index (κ1) is 14.7. The van der Waals surface area contributed by atoms with Crippen molar-refractivity contribution < 1.29 is 4.79 Å². The smallest absolute Gasteiger partial charge is 0.227 e. The van der Waals surface area contributed by atoms with Crippen LogP contribution in [0.3, 0.4) is 0 Å². The topological polar surface area (TPSA) is 46.3 Å². The molecule has 0 aliphatic rings. The Hall–Kier alpha value is -0.390. The Balaban J connectivity index is 2.68. The van der Waals surface area contributed by atoms with E-state index in [-0.39, 0.29) is 11.8 Å². The van der Waals surface area contributed by atoms with Crippen LogP contribution in [0.25, 0.3) is 0 Å². The van der Waals surface area contributed by atoms with Gasteiger partial charge in [0.25, 0.3) is 0 Å². The van der Waals surface area contributed by atoms with Crippen LogP contribution in [0.2, 0.25) is 0 Å². The minimum Gasteiger partial charge on any atom is -0.338 e. The molecule has 96 valence electrons. The number of hydrogen-bond donors (Lipinski definition) is 1. The maximum absolute atomic E-state index is 12.2. The number of amides is 1. The zero-order valence-electron chi connectivity index (χ0n) is 10.3. The summed E-state index contributed by atoms with van der Waals surface area (Å²) >= 11 is 5.10. The van der Waals surface area contributed by atoms with Crippen LogP contribution < -0.4 is 5.73 Å². The van der Waals surface area contributed by atoms with Crippen LogP contribution in [-0.2, 0) is 11.3 Å². The van der Waals surface area contributed by atoms with Gasteiger partial charge in [-0.15, -0.1) is 11.3 Å². The highest BCUT2D eigenvalue weighted by Gasteiger charge is 2.20. The van der Waals surface area contributed by atoms with Gasteiger partial charge in [0.2, 0.25) is 5.91 Å². The summed E-state index contributed by atoms with van der Waals surface area (Å²) in [6, 6.07) is 4.06. The first-order valence-corrected chi connectivity index (χ1v) is 7.46. The van der Waals surface area contributed by atoms with Crippen molar-refractivity contribution in [2.24, 2.45) is 11.7 Å². The number of hydrogen-bond acceptors (Lipinski definition) is 3. The molecule has 5 heteroatoms. The van der Waals surface area contributed by atoms with Crippen molar-refractivity contribution in [3.8, 4) is 0 Å². The van der Waals surface area contributed by atoms with Crippen LogP contribution in [-0.4, -0.2) is 23.9 Å². The average Bonchev–Trinajstić information content (AvgIpc) is 2.73. The van der Waals surface area contributed by atoms with E-state index in [2.05, 4.69) is 15.9 Å². The van der Waals surface area contributed by atoms with Gasteiger partial charge in [-0.25, -0.2) is 0 Å². The quantitative estimate of drug-likeness (QED) is 0.876. The molecule has 1 amide bonds. The van der Waals surface area contributed by atoms with Gasteiger partial charge in [0.05, 0.1) is 16.2 Å². The Morgan fingerprint density at radius 3 is 2.65 bits per heavy atom. The fraction of sp³-hybridized carbons (Fsp3) is 0.583. The molecule has 0 fully saturated rings. The van der Waals surface area contributed by atoms with Crippen molar-refractivity contribution >= 4 is 33.2 Å². The molecule has 1 aromatic heterocycles. The van der Waals surface area contributed by atoms with Crippen LogP contribution >= 0.6 is 27.3 Å². The van der Waals surface area contributed by atoms with Crippen LogP contribution in [0.4, 0.5) is 0 Å². The molecule has 0 saturated heterocycles. The summed E-state index contributed by atoms with van der Waals surface area (Å²) in [7, 11) is 0. The predicted molar refractivity (Wildman–Crippen MR) is 75.9 cm³/mol. The summed E-state index contributed by atoms with van der Waals surface area (Å²) < 4.78 is 1.10. The van der Waals surface area contributed by atoms with Gasteiger partial charge in [0, 0.05) is 18.0 Å². The van der Waals surface area contributed by atoms with Crippen LogP contribution in [0, 0.1) is 5.92 Å². The lowest BCUT2D eigenvalue weighted by molar-refractivity contribution is -0.135. The number of rotatable bonds is 6. The molecule has 0 aromatic carbocycles. The summed E-state index contributed by atoms with van der Waals surface area (Å²) in [5, 5.41) is 0. The summed E-state index contributed by atoms with van der Waals surface area (Å²) in [6.45, 7) is 5.85. The van der Waals surface area contributed by atoms with E-state index >= 15 is 0 Å². The van der Waals surface area contributed by atoms with Gasteiger partial charge in [0.15, 0.2) is 0 Å². The van der Waals surface area contributed by atoms with E-state index in [1.54, 1.807) is 11.3 Å². The van der Waals surface area contributed by atoms with Crippen molar-refractivity contribution in [1.29, 1.82) is 0 Å². The van der Waals surface area contributed by atoms with Crippen molar-refractivity contribution in [3.63, 3.8) is 0 Å². The molecule has 0 radical (unpaired) electrons. The third-order valence-corrected chi connectivity index (χ3v) is 4.40. The highest BCUT2D eigenvalue weighted by atomic mass is 79.9. The minimum atomic E-state index is -0.0432. The maximum atomic E-state index is 12.2. The summed E-state index contributed by atoms with van der Waals surface area (Å²) in [4.78, 5) is 15.3. The van der Waals surface area contributed by atoms with E-state index in [4.69, 9.17) is 5.73 Å². The molecule has 0 aliphatic heterocycles. The van der Waals surface area contributed by atoms with Gasteiger partial charge in [-0.3, -0.25) is 4.79 Å². The van der Waals surface area contributed by atoms with Gasteiger partial charge in [0.1, 0.15) is 0 Å². The lowest BCUT2D eigenvalue weighted by atomic mass is 10.1. The third kappa shape index (κ3) is 4.08. The second kappa shape index (κ2) is 7.13. The van der Waals surface area contributed by atoms with Crippen molar-refractivity contribution in [2.45, 2.75) is 26.8 Å². The molecular formula is C12H19BrN2OS. The first-order chi connectivity index (χ1) is 8.12. The van der Waals surface area contributed by atoms with E-state index < -0.39 is 0 Å². The number of carbonyl (C=O) groups is 1. The lowest BCUT2D eigenvalue weighted by Crippen LogP contribution is -2.38. The lowest BCUT2D eigenvalue weighted by Gasteiger charge is -2.24. The van der Waals surface area contributed by atoms with Crippen molar-refractivity contribution in [3.05, 3.63) is 20.8 Å². The minimum absolute atomic E-state index is 0.0432. The van der Waals surface area contributed by atoms with Gasteiger partial charge < -0.3 is 10.6 Å². The van der Waals surface area contributed by atoms with E-state index in [0.29, 0.717) is 13.1 Å². The normalized spacial score (nSPS) is 12.5. The molecule has 0 aliphatic carbocycles. The van der Waals surface area contributed by atoms with Crippen molar-refractivity contribution in [2.75, 3.05) is 13.1 Å². The monoisotopic (exact) mass is 318 g/mol. The molecule has 0 bridgehead atoms. The molecule has 1 atom stereocenters. The molecule has 2 N–H and O–H groups in total. The van der Waals surface area contributed by atoms with E-state index in [9.17, 15) is 4.79 Å². The van der Waals surface area contributed by atoms with Crippen molar-refractivity contribution in [1.82, 2.24) is 4.90 Å². The highest BCUT2D eigenvalue weighted by Crippen LogP contribution is 2.23. The summed E-state index contributed by atoms with van der Waals surface area (Å²) in [5.74, 6) is 0.125. The molecule has 1 heterocycles. The molecule has 1 unspecified atom stereocenters. The number of nitrogens with zero attached hydrogens (tertiary/aromatic N) is 1. The van der Waals surface area contributed by atoms with E-state index in [0.717, 1.165) is 16.8 Å². The molecular weight excluding hydrogens is 300 g/mol. The average molecular weight is 319 g/mol. The van der Waals surface area contributed by atoms with Gasteiger partial charge in [-0.05, 0) is 41.4 Å². The second-order valence-electron chi connectivity index (χ2n) is 3.90. The SMILES string of the molecule is CCC(CN)C(=O)N(CC)Cc1ccc(Br)s1. The Morgan fingerprint density at radius 1 is 1.53 bits per heavy atom. The van der Waals surface area contributed by atoms with Crippen LogP contribution in [0.1, 0.15) is 25.1 Å². The van der Waals surface area contributed by atoms with E-state index in [1.807, 2.05) is 30.9 Å². The molecule has 1 rings (SSSR count). The van der Waals surface area contributed by atoms with Gasteiger partial charge in [-0.1, -0.05) is 6.92 Å². The number of thiophene rings is 1. The maximum Gasteiger partial charge on any atom is 0.227 e. The standard InChI is InChI=1S/C12H19BrN2OS/c1-3-9(7-14)12(16)15(4-2)8-10-5-6-11(13)17-10/h5-6,9H,3-4,7-8,14H2,1-2H3. The first-order valence-electron chi connectivity index (χ1n) is 5.85. The summed E-state index contributed by atoms with van der Waals surface area (Å²) in [5.41, 5.74) is 5.62. The molecule has 3 nitrogen and oxygen atoms in total. The Labute approximate surface area is 115 Å².